The number of ether oxygens (including phenoxy) is 2. The largest absolute Gasteiger partial charge is 0.491 e. The van der Waals surface area contributed by atoms with E-state index in [9.17, 15) is 4.79 Å². The lowest BCUT2D eigenvalue weighted by Gasteiger charge is -2.31. The summed E-state index contributed by atoms with van der Waals surface area (Å²) in [6, 6.07) is 8.04. The van der Waals surface area contributed by atoms with Crippen molar-refractivity contribution in [3.8, 4) is 5.75 Å². The molecule has 1 aromatic carbocycles. The number of fused-ring (bicyclic) bond motifs is 3. The fourth-order valence-corrected chi connectivity index (χ4v) is 4.14. The third-order valence-electron chi connectivity index (χ3n) is 5.97. The number of hydrogen-bond donors (Lipinski definition) is 1. The van der Waals surface area contributed by atoms with Crippen LogP contribution in [0.15, 0.2) is 36.5 Å². The van der Waals surface area contributed by atoms with Gasteiger partial charge in [-0.3, -0.25) is 4.79 Å². The molecule has 1 saturated heterocycles. The number of benzene rings is 1. The number of rotatable bonds is 1. The first kappa shape index (κ1) is 22.8. The maximum Gasteiger partial charge on any atom is 0.288 e. The van der Waals surface area contributed by atoms with Crippen molar-refractivity contribution in [2.45, 2.75) is 51.5 Å². The number of aryl methyl sites for hydroxylation is 1. The van der Waals surface area contributed by atoms with Crippen molar-refractivity contribution in [1.29, 1.82) is 0 Å². The van der Waals surface area contributed by atoms with Gasteiger partial charge < -0.3 is 20.1 Å². The third-order valence-corrected chi connectivity index (χ3v) is 5.97. The molecule has 1 aromatic heterocycles. The second kappa shape index (κ2) is 9.96. The molecule has 0 aliphatic carbocycles. The number of nitrogens with zero attached hydrogens (tertiary/aromatic N) is 4. The van der Waals surface area contributed by atoms with E-state index in [0.717, 1.165) is 75.0 Å². The highest BCUT2D eigenvalue weighted by Gasteiger charge is 2.43. The standard InChI is InChI=1S/C11H13NO.C10H14N4O2.C2H6/c1-9-7-8-13-11-6-4-3-5-10(11)12(9)2;11-7(15)8-12-9-10(1-4-14(9)13-8)2-5-16-6-3-10;1-2/h3-6H,1,7-8H2,2H3;1-6H2,(H2,11,15);1-2H3. The zero-order valence-corrected chi connectivity index (χ0v) is 18.8. The van der Waals surface area contributed by atoms with Crippen LogP contribution in [0.3, 0.4) is 0 Å². The monoisotopic (exact) mass is 427 g/mol. The maximum atomic E-state index is 11.0. The predicted molar refractivity (Wildman–Crippen MR) is 120 cm³/mol. The van der Waals surface area contributed by atoms with Gasteiger partial charge in [-0.1, -0.05) is 32.6 Å². The lowest BCUT2D eigenvalue weighted by Crippen LogP contribution is -2.32. The average molecular weight is 428 g/mol. The van der Waals surface area contributed by atoms with Gasteiger partial charge in [0.15, 0.2) is 0 Å². The van der Waals surface area contributed by atoms with Crippen molar-refractivity contribution in [2.24, 2.45) is 5.73 Å². The minimum absolute atomic E-state index is 0.0684. The van der Waals surface area contributed by atoms with Crippen molar-refractivity contribution >= 4 is 11.6 Å². The summed E-state index contributed by atoms with van der Waals surface area (Å²) in [5.74, 6) is 1.46. The highest BCUT2D eigenvalue weighted by Crippen LogP contribution is 2.41. The summed E-state index contributed by atoms with van der Waals surface area (Å²) < 4.78 is 12.8. The molecule has 3 aliphatic heterocycles. The van der Waals surface area contributed by atoms with Gasteiger partial charge in [0.05, 0.1) is 12.3 Å². The van der Waals surface area contributed by atoms with Crippen LogP contribution in [0.5, 0.6) is 5.75 Å². The van der Waals surface area contributed by atoms with Gasteiger partial charge in [-0.2, -0.15) is 0 Å². The van der Waals surface area contributed by atoms with Crippen LogP contribution in [-0.2, 0) is 16.7 Å². The van der Waals surface area contributed by atoms with E-state index in [4.69, 9.17) is 15.2 Å². The van der Waals surface area contributed by atoms with Crippen LogP contribution in [0.25, 0.3) is 0 Å². The molecule has 1 spiro atoms. The van der Waals surface area contributed by atoms with Crippen molar-refractivity contribution in [3.05, 3.63) is 48.2 Å². The summed E-state index contributed by atoms with van der Waals surface area (Å²) in [6.07, 6.45) is 3.86. The SMILES string of the molecule is C=C1CCOc2ccccc2N1C.CC.NC(=O)c1nc2n(n1)CCC21CCOCC1. The minimum Gasteiger partial charge on any atom is -0.491 e. The number of carbonyl (C=O) groups is 1. The highest BCUT2D eigenvalue weighted by molar-refractivity contribution is 5.88. The normalized spacial score (nSPS) is 18.4. The van der Waals surface area contributed by atoms with Gasteiger partial charge in [-0.15, -0.1) is 5.10 Å². The van der Waals surface area contributed by atoms with Crippen LogP contribution >= 0.6 is 0 Å². The van der Waals surface area contributed by atoms with Gasteiger partial charge in [-0.05, 0) is 31.4 Å². The second-order valence-corrected chi connectivity index (χ2v) is 7.68. The van der Waals surface area contributed by atoms with E-state index >= 15 is 0 Å². The van der Waals surface area contributed by atoms with E-state index in [2.05, 4.69) is 21.6 Å². The van der Waals surface area contributed by atoms with Crippen LogP contribution in [0, 0.1) is 0 Å². The fourth-order valence-electron chi connectivity index (χ4n) is 4.14. The topological polar surface area (TPSA) is 95.5 Å². The molecule has 0 unspecified atom stereocenters. The van der Waals surface area contributed by atoms with Crippen LogP contribution < -0.4 is 15.4 Å². The zero-order valence-electron chi connectivity index (χ0n) is 18.8. The van der Waals surface area contributed by atoms with Gasteiger partial charge in [0, 0.05) is 44.3 Å². The Bertz CT molecular complexity index is 918. The molecular weight excluding hydrogens is 394 g/mol. The van der Waals surface area contributed by atoms with Crippen LogP contribution in [-0.4, -0.2) is 47.5 Å². The van der Waals surface area contributed by atoms with Crippen molar-refractivity contribution in [3.63, 3.8) is 0 Å². The third kappa shape index (κ3) is 4.74. The van der Waals surface area contributed by atoms with Gasteiger partial charge in [-0.25, -0.2) is 9.67 Å². The number of aromatic nitrogens is 3. The van der Waals surface area contributed by atoms with E-state index in [1.54, 1.807) is 0 Å². The Kier molecular flexibility index (Phi) is 7.33. The van der Waals surface area contributed by atoms with Crippen molar-refractivity contribution in [1.82, 2.24) is 14.8 Å². The van der Waals surface area contributed by atoms with E-state index in [-0.39, 0.29) is 11.2 Å². The quantitative estimate of drug-likeness (QED) is 0.750. The Hall–Kier alpha value is -2.87. The molecular formula is C23H33N5O3. The van der Waals surface area contributed by atoms with Gasteiger partial charge in [0.25, 0.3) is 5.91 Å². The second-order valence-electron chi connectivity index (χ2n) is 7.68. The smallest absolute Gasteiger partial charge is 0.288 e. The maximum absolute atomic E-state index is 11.0. The molecule has 0 bridgehead atoms. The highest BCUT2D eigenvalue weighted by atomic mass is 16.5. The molecule has 0 radical (unpaired) electrons. The molecule has 2 N–H and O–H groups in total. The Balaban J connectivity index is 0.000000166. The van der Waals surface area contributed by atoms with E-state index in [0.29, 0.717) is 0 Å². The zero-order chi connectivity index (χ0) is 22.4. The van der Waals surface area contributed by atoms with Gasteiger partial charge in [0.2, 0.25) is 5.82 Å². The fraction of sp³-hybridized carbons (Fsp3) is 0.522. The average Bonchev–Trinajstić information content (AvgIpc) is 3.33. The number of carbonyl (C=O) groups excluding carboxylic acids is 1. The number of nitrogens with two attached hydrogens (primary N) is 1. The number of primary amides is 1. The first-order valence-corrected chi connectivity index (χ1v) is 11.0. The Labute approximate surface area is 184 Å². The number of hydrogen-bond acceptors (Lipinski definition) is 6. The summed E-state index contributed by atoms with van der Waals surface area (Å²) in [5.41, 5.74) is 7.46. The molecule has 4 heterocycles. The molecule has 0 atom stereocenters. The van der Waals surface area contributed by atoms with Crippen molar-refractivity contribution in [2.75, 3.05) is 31.8 Å². The number of amides is 1. The number of para-hydroxylation sites is 2. The molecule has 2 aromatic rings. The van der Waals surface area contributed by atoms with Gasteiger partial charge >= 0.3 is 0 Å². The molecule has 1 fully saturated rings. The minimum atomic E-state index is -0.552. The summed E-state index contributed by atoms with van der Waals surface area (Å²) in [6.45, 7) is 11.1. The lowest BCUT2D eigenvalue weighted by atomic mass is 9.78. The summed E-state index contributed by atoms with van der Waals surface area (Å²) >= 11 is 0. The molecule has 3 aliphatic rings. The first-order valence-electron chi connectivity index (χ1n) is 11.0. The Morgan fingerprint density at radius 1 is 1.16 bits per heavy atom. The summed E-state index contributed by atoms with van der Waals surface area (Å²) in [5, 5.41) is 4.13. The lowest BCUT2D eigenvalue weighted by molar-refractivity contribution is 0.0492. The molecule has 8 nitrogen and oxygen atoms in total. The molecule has 0 saturated carbocycles. The Morgan fingerprint density at radius 2 is 1.87 bits per heavy atom. The van der Waals surface area contributed by atoms with Crippen molar-refractivity contribution < 1.29 is 14.3 Å². The summed E-state index contributed by atoms with van der Waals surface area (Å²) in [7, 11) is 2.02. The predicted octanol–water partition coefficient (Wildman–Crippen LogP) is 3.27. The van der Waals surface area contributed by atoms with E-state index in [1.807, 2.05) is 49.8 Å². The van der Waals surface area contributed by atoms with E-state index < -0.39 is 5.91 Å². The van der Waals surface area contributed by atoms with Crippen LogP contribution in [0.2, 0.25) is 0 Å². The molecule has 5 rings (SSSR count). The molecule has 31 heavy (non-hydrogen) atoms. The van der Waals surface area contributed by atoms with Crippen LogP contribution in [0.4, 0.5) is 5.69 Å². The molecule has 1 amide bonds. The van der Waals surface area contributed by atoms with Gasteiger partial charge in [0.1, 0.15) is 11.6 Å². The number of anilines is 1. The first-order chi connectivity index (χ1) is 15.0. The van der Waals surface area contributed by atoms with E-state index in [1.165, 1.54) is 0 Å². The molecule has 8 heteroatoms. The van der Waals surface area contributed by atoms with Crippen LogP contribution in [0.1, 0.15) is 56.0 Å². The summed E-state index contributed by atoms with van der Waals surface area (Å²) in [4.78, 5) is 17.4. The molecule has 168 valence electrons. The Morgan fingerprint density at radius 3 is 2.58 bits per heavy atom.